The number of carboxylic acid groups (broad SMARTS) is 7. The fraction of sp³-hybridized carbons (Fsp3) is 0.647. The second-order valence-electron chi connectivity index (χ2n) is 18.7. The number of carbonyl (C=O) groups excluding carboxylic acids is 13. The molecule has 34 nitrogen and oxygen atoms in total. The molecule has 37 heteroatoms. The van der Waals surface area contributed by atoms with E-state index in [2.05, 4.69) is 47.4 Å². The average molecular weight is 1320 g/mol. The van der Waals surface area contributed by atoms with Crippen molar-refractivity contribution in [2.45, 2.75) is 132 Å². The predicted octanol–water partition coefficient (Wildman–Crippen LogP) is -7.06. The van der Waals surface area contributed by atoms with E-state index in [1.54, 1.807) is 0 Å². The quantitative estimate of drug-likeness (QED) is 0.0199. The van der Waals surface area contributed by atoms with Crippen LogP contribution < -0.4 is 43.4 Å². The number of carbonyl (C=O) groups is 18. The van der Waals surface area contributed by atoms with Crippen molar-refractivity contribution in [2.24, 2.45) is 17.8 Å². The molecule has 500 valence electrons. The number of ether oxygens (including phenoxy) is 3. The van der Waals surface area contributed by atoms with Crippen molar-refractivity contribution in [3.05, 3.63) is 0 Å². The van der Waals surface area contributed by atoms with Gasteiger partial charge in [0.25, 0.3) is 0 Å². The Bertz CT molecular complexity index is 2170. The molecule has 0 fully saturated rings. The van der Waals surface area contributed by atoms with Crippen molar-refractivity contribution in [2.75, 3.05) is 58.2 Å². The molecule has 3 unspecified atom stereocenters. The van der Waals surface area contributed by atoms with Crippen LogP contribution >= 0.6 is 35.3 Å². The zero-order valence-corrected chi connectivity index (χ0v) is 50.8. The molecule has 0 radical (unpaired) electrons. The lowest BCUT2D eigenvalue weighted by Crippen LogP contribution is -2.64. The third kappa shape index (κ3) is 43.9. The molecule has 9 atom stereocenters. The summed E-state index contributed by atoms with van der Waals surface area (Å²) in [6.45, 7) is 0.624. The zero-order valence-electron chi connectivity index (χ0n) is 48.4. The fourth-order valence-corrected chi connectivity index (χ4v) is 10.1. The molecule has 0 bridgehead atoms. The molecular weight excluding hydrogens is 1240 g/mol. The lowest BCUT2D eigenvalue weighted by atomic mass is 9.98. The number of nitrogens with one attached hydrogen (secondary N) is 3. The summed E-state index contributed by atoms with van der Waals surface area (Å²) in [5.41, 5.74) is 10.6. The standard InChI is InChI=1S/2C17H26N2O9S.C16H24N2O10S.CH4/c2*1-9(20)12(18)4-3-11(21)5-10(16(26)19-7-15(24)25)8-29-13(6-14(22)23)17(27)28-2;1-28-16(27)11(5-12(20)21)29-7-8(14(24)18-6-13(22)23)4-9(19)2-3-10(17)15(25)26;/h2*10,12-13H,3-8,18H2,1-2H3,(H,19,26)(H,22,23)(H,24,25);8,10-11H,2-7,17H2,1H3,(H,18,24)(H,20,21)(H,22,23)(H,25,26);1H4/p+1/t2*10-,12-,13?;8-,10-,11?;/m000./s1. The second kappa shape index (κ2) is 48.4. The molecule has 0 rings (SSSR count). The number of aliphatic carboxylic acids is 7. The van der Waals surface area contributed by atoms with Crippen molar-refractivity contribution in [1.29, 1.82) is 0 Å². The van der Waals surface area contributed by atoms with Gasteiger partial charge in [-0.3, -0.25) is 71.9 Å². The maximum atomic E-state index is 12.3. The second-order valence-corrected chi connectivity index (χ2v) is 22.4. The number of amides is 3. The minimum atomic E-state index is -1.55. The Morgan fingerprint density at radius 1 is 0.409 bits per heavy atom. The Balaban J connectivity index is -0.000000598. The van der Waals surface area contributed by atoms with Crippen molar-refractivity contribution in [3.8, 4) is 0 Å². The molecule has 3 amide bonds. The minimum absolute atomic E-state index is 0. The van der Waals surface area contributed by atoms with Crippen LogP contribution in [0.5, 0.6) is 0 Å². The first-order chi connectivity index (χ1) is 40.4. The molecule has 0 saturated carbocycles. The van der Waals surface area contributed by atoms with E-state index in [9.17, 15) is 96.5 Å². The summed E-state index contributed by atoms with van der Waals surface area (Å²) in [7, 11) is 3.25. The van der Waals surface area contributed by atoms with Crippen LogP contribution in [0.25, 0.3) is 0 Å². The van der Waals surface area contributed by atoms with Gasteiger partial charge in [0.15, 0.2) is 17.6 Å². The first-order valence-corrected chi connectivity index (χ1v) is 29.0. The molecule has 88 heavy (non-hydrogen) atoms. The molecule has 0 aliphatic carbocycles. The molecule has 17 N–H and O–H groups in total. The van der Waals surface area contributed by atoms with E-state index < -0.39 is 174 Å². The van der Waals surface area contributed by atoms with Gasteiger partial charge in [-0.25, -0.2) is 4.79 Å². The first kappa shape index (κ1) is 86.8. The highest BCUT2D eigenvalue weighted by Crippen LogP contribution is 2.25. The van der Waals surface area contributed by atoms with Gasteiger partial charge in [-0.15, -0.1) is 35.3 Å². The van der Waals surface area contributed by atoms with Crippen LogP contribution in [-0.4, -0.2) is 224 Å². The van der Waals surface area contributed by atoms with E-state index in [1.807, 2.05) is 0 Å². The van der Waals surface area contributed by atoms with E-state index in [-0.39, 0.29) is 106 Å². The molecule has 0 spiro atoms. The van der Waals surface area contributed by atoms with Gasteiger partial charge in [0.05, 0.1) is 64.4 Å². The van der Waals surface area contributed by atoms with Gasteiger partial charge >= 0.3 is 47.8 Å². The number of carboxylic acids is 7. The van der Waals surface area contributed by atoms with E-state index in [0.717, 1.165) is 56.6 Å². The van der Waals surface area contributed by atoms with Crippen molar-refractivity contribution >= 4 is 142 Å². The smallest absolute Gasteiger partial charge is 0.362 e. The topological polar surface area (TPSA) is 601 Å². The maximum absolute atomic E-state index is 12.3. The van der Waals surface area contributed by atoms with Crippen LogP contribution in [0, 0.1) is 17.8 Å². The Hall–Kier alpha value is -7.61. The summed E-state index contributed by atoms with van der Waals surface area (Å²) in [6, 6.07) is -2.11. The van der Waals surface area contributed by atoms with Crippen molar-refractivity contribution in [1.82, 2.24) is 16.0 Å². The molecule has 0 aromatic rings. The maximum Gasteiger partial charge on any atom is 0.362 e. The number of hydrogen-bond donors (Lipinski definition) is 11. The van der Waals surface area contributed by atoms with Gasteiger partial charge < -0.3 is 92.7 Å². The molecule has 0 heterocycles. The number of quaternary nitrogens is 3. The Morgan fingerprint density at radius 2 is 0.682 bits per heavy atom. The SMILES string of the molecule is C.COC(=O)C(CC(=O)O)SC[C@H](CC(=O)CC[C@H]([NH3+])C(=O)O)C(=O)NCC(=O)[O-].COC(=O)C(CC(=O)O)SC[C@H](CC(=O)CC[C@H]([NH3+])C(C)=O)C(=O)NCC(=O)O.COC(=O)C(CC(=O)[O-])SC[C@H](CC(=O)CC[C@H]([NH3+])C(C)=O)C(=O)NCC(=O)O. The van der Waals surface area contributed by atoms with Crippen LogP contribution in [0.3, 0.4) is 0 Å². The molecule has 0 aliphatic rings. The third-order valence-electron chi connectivity index (χ3n) is 11.5. The van der Waals surface area contributed by atoms with Crippen molar-refractivity contribution in [3.63, 3.8) is 0 Å². The average Bonchev–Trinajstić information content (AvgIpc) is 3.61. The van der Waals surface area contributed by atoms with E-state index >= 15 is 0 Å². The number of ketones is 5. The lowest BCUT2D eigenvalue weighted by molar-refractivity contribution is -0.408. The van der Waals surface area contributed by atoms with E-state index in [0.29, 0.717) is 0 Å². The molecule has 0 aliphatic heterocycles. The Kier molecular flexibility index (Phi) is 47.8. The summed E-state index contributed by atoms with van der Waals surface area (Å²) in [5.74, 6) is -18.8. The Labute approximate surface area is 517 Å². The monoisotopic (exact) mass is 1320 g/mol. The van der Waals surface area contributed by atoms with Gasteiger partial charge in [0.2, 0.25) is 17.7 Å². The third-order valence-corrected chi connectivity index (χ3v) is 15.6. The summed E-state index contributed by atoms with van der Waals surface area (Å²) in [5, 5.41) is 68.3. The van der Waals surface area contributed by atoms with Crippen molar-refractivity contribution < 1.29 is 153 Å². The number of hydrogen-bond acceptors (Lipinski definition) is 26. The van der Waals surface area contributed by atoms with E-state index in [1.165, 1.54) is 13.8 Å². The van der Waals surface area contributed by atoms with Crippen LogP contribution in [0.15, 0.2) is 0 Å². The lowest BCUT2D eigenvalue weighted by Gasteiger charge is -2.19. The van der Waals surface area contributed by atoms with E-state index in [4.69, 9.17) is 25.5 Å². The van der Waals surface area contributed by atoms with Crippen LogP contribution in [-0.2, 0) is 101 Å². The molecule has 0 saturated heterocycles. The first-order valence-electron chi connectivity index (χ1n) is 25.9. The van der Waals surface area contributed by atoms with Gasteiger partial charge in [0.1, 0.15) is 58.3 Å². The number of thioether (sulfide) groups is 3. The number of rotatable bonds is 45. The van der Waals surface area contributed by atoms with Gasteiger partial charge in [-0.05, 0) is 0 Å². The van der Waals surface area contributed by atoms with Gasteiger partial charge in [0, 0.05) is 101 Å². The summed E-state index contributed by atoms with van der Waals surface area (Å²) in [4.78, 5) is 206. The predicted molar refractivity (Wildman–Crippen MR) is 301 cm³/mol. The van der Waals surface area contributed by atoms with Gasteiger partial charge in [-0.2, -0.15) is 0 Å². The largest absolute Gasteiger partial charge is 0.550 e. The number of Topliss-reactive ketones (excluding diaryl/α,β-unsaturated/α-hetero) is 5. The highest BCUT2D eigenvalue weighted by molar-refractivity contribution is 8.01. The number of methoxy groups -OCH3 is 3. The van der Waals surface area contributed by atoms with Crippen LogP contribution in [0.4, 0.5) is 0 Å². The summed E-state index contributed by atoms with van der Waals surface area (Å²) < 4.78 is 13.6. The fourth-order valence-electron chi connectivity index (χ4n) is 6.46. The zero-order chi connectivity index (χ0) is 67.7. The number of esters is 3. The normalized spacial score (nSPS) is 13.5. The molecule has 0 aromatic heterocycles. The molecule has 0 aromatic carbocycles. The van der Waals surface area contributed by atoms with Crippen LogP contribution in [0.1, 0.15) is 98.3 Å². The van der Waals surface area contributed by atoms with Gasteiger partial charge in [-0.1, -0.05) is 7.43 Å². The Morgan fingerprint density at radius 3 is 0.909 bits per heavy atom. The minimum Gasteiger partial charge on any atom is -0.550 e. The molecular formula is C51H81N6O28S3+. The highest BCUT2D eigenvalue weighted by atomic mass is 32.2. The summed E-state index contributed by atoms with van der Waals surface area (Å²) >= 11 is 2.43. The highest BCUT2D eigenvalue weighted by Gasteiger charge is 2.32. The van der Waals surface area contributed by atoms with Crippen LogP contribution in [0.2, 0.25) is 0 Å². The summed E-state index contributed by atoms with van der Waals surface area (Å²) in [6.07, 6.45) is -2.37.